The van der Waals surface area contributed by atoms with Crippen LogP contribution in [0.3, 0.4) is 0 Å². The summed E-state index contributed by atoms with van der Waals surface area (Å²) in [5, 5.41) is 3.11. The van der Waals surface area contributed by atoms with E-state index in [1.165, 1.54) is 11.3 Å². The van der Waals surface area contributed by atoms with E-state index < -0.39 is 0 Å². The number of halogens is 1. The van der Waals surface area contributed by atoms with Gasteiger partial charge in [0, 0.05) is 0 Å². The van der Waals surface area contributed by atoms with Crippen molar-refractivity contribution < 1.29 is 4.79 Å². The maximum atomic E-state index is 11.5. The molecule has 1 heterocycles. The second kappa shape index (κ2) is 6.17. The smallest absolute Gasteiger partial charge is 0.186 e. The van der Waals surface area contributed by atoms with Gasteiger partial charge in [-0.25, -0.2) is 0 Å². The summed E-state index contributed by atoms with van der Waals surface area (Å²) in [6.45, 7) is 3.45. The second-order valence-electron chi connectivity index (χ2n) is 3.06. The summed E-state index contributed by atoms with van der Waals surface area (Å²) in [7, 11) is 0. The van der Waals surface area contributed by atoms with E-state index in [2.05, 4.69) is 12.2 Å². The van der Waals surface area contributed by atoms with Crippen LogP contribution in [-0.4, -0.2) is 18.9 Å². The molecule has 0 amide bonds. The van der Waals surface area contributed by atoms with Crippen LogP contribution in [0.2, 0.25) is 4.34 Å². The Hall–Kier alpha value is -0.380. The average Bonchev–Trinajstić information content (AvgIpc) is 2.59. The van der Waals surface area contributed by atoms with Crippen molar-refractivity contribution in [3.8, 4) is 0 Å². The Morgan fingerprint density at radius 2 is 2.36 bits per heavy atom. The molecule has 78 valence electrons. The van der Waals surface area contributed by atoms with E-state index in [0.717, 1.165) is 24.3 Å². The number of unbranched alkanes of at least 4 members (excludes halogenated alkanes) is 1. The monoisotopic (exact) mass is 231 g/mol. The summed E-state index contributed by atoms with van der Waals surface area (Å²) in [4.78, 5) is 12.2. The molecule has 1 rings (SSSR count). The van der Waals surface area contributed by atoms with Crippen molar-refractivity contribution in [2.45, 2.75) is 19.8 Å². The largest absolute Gasteiger partial charge is 0.310 e. The second-order valence-corrected chi connectivity index (χ2v) is 4.77. The van der Waals surface area contributed by atoms with Crippen molar-refractivity contribution in [1.82, 2.24) is 5.32 Å². The lowest BCUT2D eigenvalue weighted by molar-refractivity contribution is 0.0995. The van der Waals surface area contributed by atoms with Gasteiger partial charge in [0.15, 0.2) is 5.78 Å². The number of hydrogen-bond acceptors (Lipinski definition) is 3. The van der Waals surface area contributed by atoms with Gasteiger partial charge in [-0.05, 0) is 25.1 Å². The first-order valence-corrected chi connectivity index (χ1v) is 5.92. The van der Waals surface area contributed by atoms with Gasteiger partial charge in [0.2, 0.25) is 0 Å². The van der Waals surface area contributed by atoms with Crippen LogP contribution < -0.4 is 5.32 Å². The Morgan fingerprint density at radius 1 is 1.57 bits per heavy atom. The van der Waals surface area contributed by atoms with Crippen molar-refractivity contribution in [3.63, 3.8) is 0 Å². The zero-order valence-electron chi connectivity index (χ0n) is 8.18. The summed E-state index contributed by atoms with van der Waals surface area (Å²) in [5.74, 6) is 0.123. The van der Waals surface area contributed by atoms with Gasteiger partial charge < -0.3 is 5.32 Å². The molecule has 0 aliphatic carbocycles. The minimum absolute atomic E-state index is 0.123. The summed E-state index contributed by atoms with van der Waals surface area (Å²) in [5.41, 5.74) is 0. The number of rotatable bonds is 6. The molecule has 14 heavy (non-hydrogen) atoms. The molecule has 0 spiro atoms. The molecular weight excluding hydrogens is 218 g/mol. The van der Waals surface area contributed by atoms with Crippen molar-refractivity contribution in [1.29, 1.82) is 0 Å². The van der Waals surface area contributed by atoms with Gasteiger partial charge >= 0.3 is 0 Å². The Balaban J connectivity index is 2.29. The van der Waals surface area contributed by atoms with Crippen molar-refractivity contribution in [2.24, 2.45) is 0 Å². The summed E-state index contributed by atoms with van der Waals surface area (Å²) >= 11 is 7.07. The zero-order valence-corrected chi connectivity index (χ0v) is 9.75. The maximum Gasteiger partial charge on any atom is 0.186 e. The fourth-order valence-electron chi connectivity index (χ4n) is 1.05. The van der Waals surface area contributed by atoms with Crippen LogP contribution in [-0.2, 0) is 0 Å². The molecule has 2 nitrogen and oxygen atoms in total. The van der Waals surface area contributed by atoms with E-state index in [0.29, 0.717) is 10.9 Å². The molecule has 0 radical (unpaired) electrons. The van der Waals surface area contributed by atoms with Gasteiger partial charge in [-0.2, -0.15) is 0 Å². The van der Waals surface area contributed by atoms with Gasteiger partial charge in [0.05, 0.1) is 15.8 Å². The van der Waals surface area contributed by atoms with E-state index in [9.17, 15) is 4.79 Å². The lowest BCUT2D eigenvalue weighted by Crippen LogP contribution is -2.23. The molecule has 0 aliphatic heterocycles. The third-order valence-electron chi connectivity index (χ3n) is 1.84. The molecular formula is C10H14ClNOS. The van der Waals surface area contributed by atoms with Gasteiger partial charge in [0.25, 0.3) is 0 Å². The summed E-state index contributed by atoms with van der Waals surface area (Å²) in [6, 6.07) is 3.53. The van der Waals surface area contributed by atoms with Crippen LogP contribution in [0.4, 0.5) is 0 Å². The van der Waals surface area contributed by atoms with E-state index >= 15 is 0 Å². The molecule has 1 N–H and O–H groups in total. The van der Waals surface area contributed by atoms with E-state index in [1.807, 2.05) is 0 Å². The SMILES string of the molecule is CCCCNCC(=O)c1ccc(Cl)s1. The molecule has 4 heteroatoms. The molecule has 1 aromatic rings. The first-order chi connectivity index (χ1) is 6.74. The van der Waals surface area contributed by atoms with Crippen LogP contribution >= 0.6 is 22.9 Å². The minimum Gasteiger partial charge on any atom is -0.310 e. The highest BCUT2D eigenvalue weighted by Crippen LogP contribution is 2.21. The summed E-state index contributed by atoms with van der Waals surface area (Å²) < 4.78 is 0.668. The Morgan fingerprint density at radius 3 is 2.93 bits per heavy atom. The first-order valence-electron chi connectivity index (χ1n) is 4.73. The van der Waals surface area contributed by atoms with Crippen molar-refractivity contribution in [3.05, 3.63) is 21.3 Å². The van der Waals surface area contributed by atoms with Gasteiger partial charge in [-0.3, -0.25) is 4.79 Å². The number of carbonyl (C=O) groups is 1. The minimum atomic E-state index is 0.123. The highest BCUT2D eigenvalue weighted by Gasteiger charge is 2.07. The lowest BCUT2D eigenvalue weighted by atomic mass is 10.3. The van der Waals surface area contributed by atoms with Crippen LogP contribution in [0.25, 0.3) is 0 Å². The standard InChI is InChI=1S/C10H14ClNOS/c1-2-3-6-12-7-8(13)9-4-5-10(11)14-9/h4-5,12H,2-3,6-7H2,1H3. The Kier molecular flexibility index (Phi) is 5.15. The highest BCUT2D eigenvalue weighted by molar-refractivity contribution is 7.18. The molecule has 0 aliphatic rings. The number of hydrogen-bond donors (Lipinski definition) is 1. The van der Waals surface area contributed by atoms with E-state index in [4.69, 9.17) is 11.6 Å². The molecule has 0 aromatic carbocycles. The summed E-state index contributed by atoms with van der Waals surface area (Å²) in [6.07, 6.45) is 2.25. The molecule has 0 saturated carbocycles. The number of ketones is 1. The quantitative estimate of drug-likeness (QED) is 0.603. The molecule has 0 atom stereocenters. The molecule has 0 unspecified atom stereocenters. The van der Waals surface area contributed by atoms with Crippen molar-refractivity contribution >= 4 is 28.7 Å². The number of nitrogens with one attached hydrogen (secondary N) is 1. The zero-order chi connectivity index (χ0) is 10.4. The van der Waals surface area contributed by atoms with Gasteiger partial charge in [-0.1, -0.05) is 24.9 Å². The van der Waals surface area contributed by atoms with Crippen LogP contribution in [0.15, 0.2) is 12.1 Å². The van der Waals surface area contributed by atoms with Gasteiger partial charge in [-0.15, -0.1) is 11.3 Å². The number of Topliss-reactive ketones (excluding diaryl/α,β-unsaturated/α-hetero) is 1. The van der Waals surface area contributed by atoms with Crippen LogP contribution in [0.5, 0.6) is 0 Å². The lowest BCUT2D eigenvalue weighted by Gasteiger charge is -2.00. The predicted molar refractivity (Wildman–Crippen MR) is 61.4 cm³/mol. The third-order valence-corrected chi connectivity index (χ3v) is 3.11. The number of thiophene rings is 1. The molecule has 1 aromatic heterocycles. The van der Waals surface area contributed by atoms with E-state index in [1.54, 1.807) is 12.1 Å². The molecule has 0 bridgehead atoms. The molecule has 0 saturated heterocycles. The highest BCUT2D eigenvalue weighted by atomic mass is 35.5. The third kappa shape index (κ3) is 3.78. The van der Waals surface area contributed by atoms with Crippen LogP contribution in [0, 0.1) is 0 Å². The fourth-order valence-corrected chi connectivity index (χ4v) is 2.04. The van der Waals surface area contributed by atoms with Crippen LogP contribution in [0.1, 0.15) is 29.4 Å². The first kappa shape index (κ1) is 11.7. The van der Waals surface area contributed by atoms with E-state index in [-0.39, 0.29) is 5.78 Å². The number of carbonyl (C=O) groups excluding carboxylic acids is 1. The fraction of sp³-hybridized carbons (Fsp3) is 0.500. The topological polar surface area (TPSA) is 29.1 Å². The van der Waals surface area contributed by atoms with Gasteiger partial charge in [0.1, 0.15) is 0 Å². The average molecular weight is 232 g/mol. The maximum absolute atomic E-state index is 11.5. The Bertz CT molecular complexity index is 298. The molecule has 0 fully saturated rings. The normalized spacial score (nSPS) is 10.4. The Labute approximate surface area is 93.3 Å². The predicted octanol–water partition coefficient (Wildman–Crippen LogP) is 2.97. The van der Waals surface area contributed by atoms with Crippen molar-refractivity contribution in [2.75, 3.05) is 13.1 Å².